The van der Waals surface area contributed by atoms with Crippen molar-refractivity contribution in [1.82, 2.24) is 4.90 Å². The zero-order valence-electron chi connectivity index (χ0n) is 23.5. The van der Waals surface area contributed by atoms with Crippen molar-refractivity contribution in [3.63, 3.8) is 0 Å². The molecule has 1 aromatic rings. The minimum atomic E-state index is -1.03. The molecule has 34 heavy (non-hydrogen) atoms. The number of likely N-dealkylation sites (N-methyl/N-ethyl adjacent to an activating group) is 1. The average Bonchev–Trinajstić information content (AvgIpc) is 2.79. The van der Waals surface area contributed by atoms with E-state index in [9.17, 15) is 9.90 Å². The molecule has 198 valence electrons. The van der Waals surface area contributed by atoms with Gasteiger partial charge in [-0.05, 0) is 33.9 Å². The fraction of sp³-hybridized carbons (Fsp3) is 0.767. The quantitative estimate of drug-likeness (QED) is 0.171. The molecule has 0 radical (unpaired) electrons. The number of nitrogens with zero attached hydrogens (tertiary/aromatic N) is 2. The van der Waals surface area contributed by atoms with Gasteiger partial charge < -0.3 is 19.3 Å². The first kappa shape index (κ1) is 32.6. The lowest BCUT2D eigenvalue weighted by Crippen LogP contribution is -2.42. The van der Waals surface area contributed by atoms with Crippen LogP contribution < -0.4 is 5.11 Å². The summed E-state index contributed by atoms with van der Waals surface area (Å²) in [5.74, 6) is -1.03. The number of hydrogen-bond acceptors (Lipinski definition) is 3. The fourth-order valence-corrected chi connectivity index (χ4v) is 4.10. The van der Waals surface area contributed by atoms with Crippen LogP contribution in [-0.4, -0.2) is 56.1 Å². The molecule has 0 amide bonds. The summed E-state index contributed by atoms with van der Waals surface area (Å²) in [6, 6.07) is 10.4. The van der Waals surface area contributed by atoms with Crippen molar-refractivity contribution >= 4 is 5.97 Å². The van der Waals surface area contributed by atoms with Crippen molar-refractivity contribution in [2.24, 2.45) is 0 Å². The van der Waals surface area contributed by atoms with E-state index in [0.29, 0.717) is 0 Å². The summed E-state index contributed by atoms with van der Waals surface area (Å²) in [4.78, 5) is 11.6. The molecule has 0 heterocycles. The third kappa shape index (κ3) is 20.0. The molecule has 1 atom stereocenters. The number of carbonyl (C=O) groups is 1. The van der Waals surface area contributed by atoms with E-state index in [2.05, 4.69) is 51.4 Å². The van der Waals surface area contributed by atoms with E-state index < -0.39 is 12.0 Å². The highest BCUT2D eigenvalue weighted by Crippen LogP contribution is 2.15. The number of hydrogen-bond donors (Lipinski definition) is 0. The molecule has 0 spiro atoms. The van der Waals surface area contributed by atoms with Gasteiger partial charge in [0, 0.05) is 11.6 Å². The van der Waals surface area contributed by atoms with Gasteiger partial charge in [0.1, 0.15) is 6.54 Å². The Morgan fingerprint density at radius 3 is 1.56 bits per heavy atom. The fourth-order valence-electron chi connectivity index (χ4n) is 4.10. The zero-order valence-corrected chi connectivity index (χ0v) is 23.5. The lowest BCUT2D eigenvalue weighted by molar-refractivity contribution is -0.903. The second kappa shape index (κ2) is 20.9. The number of benzene rings is 1. The van der Waals surface area contributed by atoms with Crippen LogP contribution >= 0.6 is 0 Å². The smallest absolute Gasteiger partial charge is 0.104 e. The SMILES string of the molecule is CC(C(=O)[O-])N(C)C.CCCCCCCCCCCCCCCC[N+](C)(C)Cc1ccccc1. The van der Waals surface area contributed by atoms with Gasteiger partial charge >= 0.3 is 0 Å². The van der Waals surface area contributed by atoms with Crippen LogP contribution in [0.1, 0.15) is 109 Å². The van der Waals surface area contributed by atoms with Crippen molar-refractivity contribution in [1.29, 1.82) is 0 Å². The summed E-state index contributed by atoms with van der Waals surface area (Å²) in [5.41, 5.74) is 1.46. The van der Waals surface area contributed by atoms with Gasteiger partial charge in [0.2, 0.25) is 0 Å². The maximum absolute atomic E-state index is 9.99. The van der Waals surface area contributed by atoms with Gasteiger partial charge in [0.15, 0.2) is 0 Å². The van der Waals surface area contributed by atoms with Crippen molar-refractivity contribution in [3.8, 4) is 0 Å². The minimum Gasteiger partial charge on any atom is -0.548 e. The molecule has 1 unspecified atom stereocenters. The van der Waals surface area contributed by atoms with Crippen molar-refractivity contribution in [3.05, 3.63) is 35.9 Å². The summed E-state index contributed by atoms with van der Waals surface area (Å²) < 4.78 is 1.11. The van der Waals surface area contributed by atoms with E-state index >= 15 is 0 Å². The van der Waals surface area contributed by atoms with Gasteiger partial charge in [-0.15, -0.1) is 0 Å². The molecule has 0 aromatic heterocycles. The van der Waals surface area contributed by atoms with Crippen LogP contribution in [-0.2, 0) is 11.3 Å². The second-order valence-electron chi connectivity index (χ2n) is 10.9. The predicted octanol–water partition coefficient (Wildman–Crippen LogP) is 6.43. The Morgan fingerprint density at radius 2 is 1.21 bits per heavy atom. The Bertz CT molecular complexity index is 587. The van der Waals surface area contributed by atoms with Crippen LogP contribution in [0.5, 0.6) is 0 Å². The van der Waals surface area contributed by atoms with Gasteiger partial charge in [0.25, 0.3) is 0 Å². The molecular formula is C30H56N2O2. The number of rotatable bonds is 19. The van der Waals surface area contributed by atoms with Crippen LogP contribution in [0, 0.1) is 0 Å². The number of carbonyl (C=O) groups excluding carboxylic acids is 1. The predicted molar refractivity (Wildman–Crippen MR) is 146 cm³/mol. The molecule has 0 N–H and O–H groups in total. The van der Waals surface area contributed by atoms with Crippen molar-refractivity contribution in [2.45, 2.75) is 116 Å². The molecule has 4 heteroatoms. The Kier molecular flexibility index (Phi) is 20.1. The second-order valence-corrected chi connectivity index (χ2v) is 10.9. The average molecular weight is 477 g/mol. The number of carboxylic acid groups (broad SMARTS) is 1. The van der Waals surface area contributed by atoms with Gasteiger partial charge in [-0.3, -0.25) is 0 Å². The molecule has 4 nitrogen and oxygen atoms in total. The van der Waals surface area contributed by atoms with E-state index in [4.69, 9.17) is 0 Å². The maximum Gasteiger partial charge on any atom is 0.104 e. The van der Waals surface area contributed by atoms with Gasteiger partial charge in [0.05, 0.1) is 26.6 Å². The highest BCUT2D eigenvalue weighted by Gasteiger charge is 2.14. The third-order valence-corrected chi connectivity index (χ3v) is 6.69. The van der Waals surface area contributed by atoms with Crippen LogP contribution in [0.4, 0.5) is 0 Å². The first-order chi connectivity index (χ1) is 16.2. The van der Waals surface area contributed by atoms with Crippen LogP contribution in [0.3, 0.4) is 0 Å². The van der Waals surface area contributed by atoms with E-state index in [1.165, 1.54) is 102 Å². The van der Waals surface area contributed by atoms with Gasteiger partial charge in [-0.1, -0.05) is 114 Å². The minimum absolute atomic E-state index is 0.491. The standard InChI is InChI=1S/C25H46N.C5H11NO2/c1-4-5-6-7-8-9-10-11-12-13-14-15-16-20-23-26(2,3)24-25-21-18-17-19-22-25;1-4(5(7)8)6(2)3/h17-19,21-22H,4-16,20,23-24H2,1-3H3;4H,1-3H3,(H,7,8)/q+1;/p-1. The molecule has 0 saturated carbocycles. The highest BCUT2D eigenvalue weighted by molar-refractivity contribution is 5.70. The summed E-state index contributed by atoms with van der Waals surface area (Å²) >= 11 is 0. The largest absolute Gasteiger partial charge is 0.548 e. The highest BCUT2D eigenvalue weighted by atomic mass is 16.4. The number of unbranched alkanes of at least 4 members (excludes halogenated alkanes) is 13. The number of aliphatic carboxylic acids is 1. The molecule has 1 aromatic carbocycles. The van der Waals surface area contributed by atoms with Crippen molar-refractivity contribution < 1.29 is 14.4 Å². The lowest BCUT2D eigenvalue weighted by Gasteiger charge is -2.30. The molecular weight excluding hydrogens is 420 g/mol. The molecule has 0 bridgehead atoms. The third-order valence-electron chi connectivity index (χ3n) is 6.69. The monoisotopic (exact) mass is 476 g/mol. The first-order valence-electron chi connectivity index (χ1n) is 13.9. The number of quaternary nitrogens is 1. The van der Waals surface area contributed by atoms with Crippen LogP contribution in [0.25, 0.3) is 0 Å². The molecule has 0 aliphatic heterocycles. The molecule has 1 rings (SSSR count). The normalized spacial score (nSPS) is 12.3. The molecule has 0 fully saturated rings. The van der Waals surface area contributed by atoms with E-state index in [-0.39, 0.29) is 0 Å². The van der Waals surface area contributed by atoms with E-state index in [0.717, 1.165) is 11.0 Å². The summed E-state index contributed by atoms with van der Waals surface area (Å²) in [5, 5.41) is 9.99. The lowest BCUT2D eigenvalue weighted by atomic mass is 10.0. The first-order valence-corrected chi connectivity index (χ1v) is 13.9. The van der Waals surface area contributed by atoms with E-state index in [1.807, 2.05) is 0 Å². The zero-order chi connectivity index (χ0) is 25.7. The van der Waals surface area contributed by atoms with E-state index in [1.54, 1.807) is 25.9 Å². The molecule has 0 aliphatic rings. The van der Waals surface area contributed by atoms with Crippen LogP contribution in [0.15, 0.2) is 30.3 Å². The Balaban J connectivity index is 0.00000116. The molecule has 0 saturated heterocycles. The summed E-state index contributed by atoms with van der Waals surface area (Å²) in [6.07, 6.45) is 20.2. The Labute approximate surface area is 212 Å². The Hall–Kier alpha value is -1.39. The summed E-state index contributed by atoms with van der Waals surface area (Å²) in [7, 11) is 8.13. The molecule has 0 aliphatic carbocycles. The van der Waals surface area contributed by atoms with Gasteiger partial charge in [-0.25, -0.2) is 0 Å². The Morgan fingerprint density at radius 1 is 0.794 bits per heavy atom. The van der Waals surface area contributed by atoms with Crippen LogP contribution in [0.2, 0.25) is 0 Å². The topological polar surface area (TPSA) is 43.4 Å². The van der Waals surface area contributed by atoms with Crippen molar-refractivity contribution in [2.75, 3.05) is 34.7 Å². The number of carboxylic acids is 1. The summed E-state index contributed by atoms with van der Waals surface area (Å²) in [6.45, 7) is 6.33. The maximum atomic E-state index is 9.99. The van der Waals surface area contributed by atoms with Gasteiger partial charge in [-0.2, -0.15) is 0 Å².